The molecule has 0 bridgehead atoms. The monoisotopic (exact) mass is 280 g/mol. The number of allylic oxidation sites excluding steroid dienone is 4. The number of hydrogen-bond acceptors (Lipinski definition) is 5. The minimum atomic E-state index is -0.723. The Kier molecular flexibility index (Phi) is 4.09. The second-order valence-electron chi connectivity index (χ2n) is 4.10. The molecule has 0 spiro atoms. The molecule has 0 saturated carbocycles. The fourth-order valence-electron chi connectivity index (χ4n) is 2.26. The number of hydrazine groups is 1. The predicted octanol–water partition coefficient (Wildman–Crippen LogP) is 1.45. The molecule has 2 amide bonds. The maximum atomic E-state index is 12.0. The number of amides is 2. The Hall–Kier alpha value is -2.28. The molecular formula is C13H16N2O5. The van der Waals surface area contributed by atoms with Gasteiger partial charge in [0.1, 0.15) is 6.04 Å². The number of hydrogen-bond donors (Lipinski definition) is 0. The van der Waals surface area contributed by atoms with Gasteiger partial charge in [-0.2, -0.15) is 10.0 Å². The number of methoxy groups -OCH3 is 3. The third-order valence-corrected chi connectivity index (χ3v) is 3.10. The van der Waals surface area contributed by atoms with Gasteiger partial charge in [-0.15, -0.1) is 0 Å². The van der Waals surface area contributed by atoms with Crippen molar-refractivity contribution in [3.8, 4) is 0 Å². The Morgan fingerprint density at radius 3 is 2.25 bits per heavy atom. The van der Waals surface area contributed by atoms with Crippen molar-refractivity contribution in [2.24, 2.45) is 0 Å². The first kappa shape index (κ1) is 14.1. The molecule has 7 nitrogen and oxygen atoms in total. The molecule has 0 aromatic rings. The first-order chi connectivity index (χ1) is 9.65. The van der Waals surface area contributed by atoms with Gasteiger partial charge < -0.3 is 14.2 Å². The summed E-state index contributed by atoms with van der Waals surface area (Å²) in [5, 5.41) is 2.28. The second-order valence-corrected chi connectivity index (χ2v) is 4.10. The van der Waals surface area contributed by atoms with Gasteiger partial charge in [-0.1, -0.05) is 30.4 Å². The van der Waals surface area contributed by atoms with Crippen molar-refractivity contribution in [3.63, 3.8) is 0 Å². The summed E-state index contributed by atoms with van der Waals surface area (Å²) in [6.07, 6.45) is 6.92. The normalized spacial score (nSPS) is 24.1. The van der Waals surface area contributed by atoms with Crippen LogP contribution in [0, 0.1) is 0 Å². The van der Waals surface area contributed by atoms with Crippen LogP contribution < -0.4 is 0 Å². The fourth-order valence-corrected chi connectivity index (χ4v) is 2.26. The smallest absolute Gasteiger partial charge is 0.431 e. The topological polar surface area (TPSA) is 68.3 Å². The van der Waals surface area contributed by atoms with Crippen LogP contribution in [0.25, 0.3) is 0 Å². The van der Waals surface area contributed by atoms with Crippen LogP contribution in [0.3, 0.4) is 0 Å². The summed E-state index contributed by atoms with van der Waals surface area (Å²) in [4.78, 5) is 23.9. The number of rotatable bonds is 1. The SMILES string of the molecule is COC(=O)N1[C@H](OC)C2=CC=CC=C[C@@H]2N1C(=O)OC. The first-order valence-corrected chi connectivity index (χ1v) is 5.97. The van der Waals surface area contributed by atoms with E-state index in [0.717, 1.165) is 10.6 Å². The van der Waals surface area contributed by atoms with Crippen molar-refractivity contribution in [3.05, 3.63) is 36.0 Å². The lowest BCUT2D eigenvalue weighted by Crippen LogP contribution is -2.50. The molecule has 1 heterocycles. The van der Waals surface area contributed by atoms with E-state index in [1.165, 1.54) is 26.3 Å². The highest BCUT2D eigenvalue weighted by molar-refractivity contribution is 5.77. The molecule has 2 aliphatic rings. The van der Waals surface area contributed by atoms with Crippen LogP contribution in [-0.2, 0) is 14.2 Å². The fraction of sp³-hybridized carbons (Fsp3) is 0.385. The number of ether oxygens (including phenoxy) is 3. The molecule has 0 unspecified atom stereocenters. The summed E-state index contributed by atoms with van der Waals surface area (Å²) in [5.41, 5.74) is 0.744. The minimum Gasteiger partial charge on any atom is -0.451 e. The maximum Gasteiger partial charge on any atom is 0.431 e. The first-order valence-electron chi connectivity index (χ1n) is 5.97. The molecule has 0 aromatic carbocycles. The molecule has 7 heteroatoms. The van der Waals surface area contributed by atoms with Crippen LogP contribution in [0.4, 0.5) is 9.59 Å². The van der Waals surface area contributed by atoms with E-state index in [2.05, 4.69) is 0 Å². The van der Waals surface area contributed by atoms with Crippen LogP contribution in [0.5, 0.6) is 0 Å². The van der Waals surface area contributed by atoms with Gasteiger partial charge in [0.25, 0.3) is 0 Å². The van der Waals surface area contributed by atoms with Crippen molar-refractivity contribution in [1.29, 1.82) is 0 Å². The Morgan fingerprint density at radius 1 is 1.00 bits per heavy atom. The number of nitrogens with zero attached hydrogens (tertiary/aromatic N) is 2. The third-order valence-electron chi connectivity index (χ3n) is 3.10. The zero-order chi connectivity index (χ0) is 14.7. The molecule has 0 N–H and O–H groups in total. The predicted molar refractivity (Wildman–Crippen MR) is 69.4 cm³/mol. The van der Waals surface area contributed by atoms with Gasteiger partial charge in [-0.05, 0) is 0 Å². The van der Waals surface area contributed by atoms with E-state index in [1.807, 2.05) is 12.2 Å². The molecule has 1 aliphatic heterocycles. The van der Waals surface area contributed by atoms with Crippen LogP contribution in [0.15, 0.2) is 36.0 Å². The summed E-state index contributed by atoms with van der Waals surface area (Å²) in [6, 6.07) is -0.457. The van der Waals surface area contributed by atoms with Gasteiger partial charge in [0.05, 0.1) is 14.2 Å². The van der Waals surface area contributed by atoms with Crippen molar-refractivity contribution < 1.29 is 23.8 Å². The molecule has 2 atom stereocenters. The average molecular weight is 280 g/mol. The third kappa shape index (κ3) is 2.16. The van der Waals surface area contributed by atoms with Crippen LogP contribution in [0.1, 0.15) is 0 Å². The Bertz CT molecular complexity index is 497. The van der Waals surface area contributed by atoms with Gasteiger partial charge in [-0.3, -0.25) is 0 Å². The van der Waals surface area contributed by atoms with Gasteiger partial charge in [0.2, 0.25) is 0 Å². The number of fused-ring (bicyclic) bond motifs is 1. The van der Waals surface area contributed by atoms with Crippen molar-refractivity contribution in [1.82, 2.24) is 10.0 Å². The maximum absolute atomic E-state index is 12.0. The lowest BCUT2D eigenvalue weighted by Gasteiger charge is -2.29. The van der Waals surface area contributed by atoms with Crippen LogP contribution in [0.2, 0.25) is 0 Å². The van der Waals surface area contributed by atoms with Crippen LogP contribution >= 0.6 is 0 Å². The molecule has 1 aliphatic carbocycles. The summed E-state index contributed by atoms with van der Waals surface area (Å²) in [5.74, 6) is 0. The Morgan fingerprint density at radius 2 is 1.65 bits per heavy atom. The molecule has 0 aromatic heterocycles. The summed E-state index contributed by atoms with van der Waals surface area (Å²) >= 11 is 0. The van der Waals surface area contributed by atoms with Crippen molar-refractivity contribution in [2.45, 2.75) is 12.3 Å². The quantitative estimate of drug-likeness (QED) is 0.727. The number of carbonyl (C=O) groups excluding carboxylic acids is 2. The molecule has 0 radical (unpaired) electrons. The van der Waals surface area contributed by atoms with E-state index in [-0.39, 0.29) is 0 Å². The van der Waals surface area contributed by atoms with Gasteiger partial charge in [0.15, 0.2) is 6.23 Å². The van der Waals surface area contributed by atoms with E-state index in [9.17, 15) is 9.59 Å². The van der Waals surface area contributed by atoms with E-state index in [0.29, 0.717) is 0 Å². The zero-order valence-electron chi connectivity index (χ0n) is 11.5. The molecule has 20 heavy (non-hydrogen) atoms. The number of carbonyl (C=O) groups is 2. The Balaban J connectivity index is 2.49. The highest BCUT2D eigenvalue weighted by Crippen LogP contribution is 2.33. The standard InChI is InChI=1S/C13H16N2O5/c1-18-11-9-7-5-4-6-8-10(9)14(12(16)19-2)15(11)13(17)20-3/h4-8,10-11H,1-3H3/t10-,11+/m0/s1. The summed E-state index contributed by atoms with van der Waals surface area (Å²) in [7, 11) is 3.94. The molecule has 1 saturated heterocycles. The van der Waals surface area contributed by atoms with E-state index >= 15 is 0 Å². The molecule has 108 valence electrons. The van der Waals surface area contributed by atoms with Gasteiger partial charge in [-0.25, -0.2) is 9.59 Å². The van der Waals surface area contributed by atoms with Gasteiger partial charge >= 0.3 is 12.2 Å². The molecule has 1 fully saturated rings. The van der Waals surface area contributed by atoms with E-state index < -0.39 is 24.5 Å². The largest absolute Gasteiger partial charge is 0.451 e. The molecular weight excluding hydrogens is 264 g/mol. The van der Waals surface area contributed by atoms with Crippen molar-refractivity contribution >= 4 is 12.2 Å². The van der Waals surface area contributed by atoms with E-state index in [4.69, 9.17) is 14.2 Å². The highest BCUT2D eigenvalue weighted by Gasteiger charge is 2.49. The summed E-state index contributed by atoms with van der Waals surface area (Å²) < 4.78 is 14.8. The molecule has 2 rings (SSSR count). The lowest BCUT2D eigenvalue weighted by molar-refractivity contribution is -0.0719. The van der Waals surface area contributed by atoms with Gasteiger partial charge in [0, 0.05) is 12.7 Å². The average Bonchev–Trinajstić information content (AvgIpc) is 2.62. The van der Waals surface area contributed by atoms with Crippen LogP contribution in [-0.4, -0.2) is 55.8 Å². The van der Waals surface area contributed by atoms with Crippen molar-refractivity contribution in [2.75, 3.05) is 21.3 Å². The summed E-state index contributed by atoms with van der Waals surface area (Å²) in [6.45, 7) is 0. The zero-order valence-corrected chi connectivity index (χ0v) is 11.5. The highest BCUT2D eigenvalue weighted by atomic mass is 16.6. The van der Waals surface area contributed by atoms with E-state index in [1.54, 1.807) is 18.2 Å². The lowest BCUT2D eigenvalue weighted by atomic mass is 10.1. The minimum absolute atomic E-state index is 0.457. The second kappa shape index (κ2) is 5.79. The Labute approximate surface area is 116 Å².